The van der Waals surface area contributed by atoms with Gasteiger partial charge < -0.3 is 20.1 Å². The Balaban J connectivity index is 1.63. The first-order valence-electron chi connectivity index (χ1n) is 9.42. The summed E-state index contributed by atoms with van der Waals surface area (Å²) in [5.41, 5.74) is 0.920. The van der Waals surface area contributed by atoms with Crippen LogP contribution in [0.4, 0.5) is 10.6 Å². The number of benzene rings is 1. The molecule has 1 unspecified atom stereocenters. The molecule has 1 saturated heterocycles. The topological polar surface area (TPSA) is 85.8 Å². The smallest absolute Gasteiger partial charge is 0.407 e. The molecule has 1 amide bonds. The molecule has 1 aliphatic heterocycles. The number of rotatable bonds is 7. The first-order valence-corrected chi connectivity index (χ1v) is 9.79. The minimum absolute atomic E-state index is 0.0184. The Labute approximate surface area is 169 Å². The molecule has 8 heteroatoms. The third-order valence-electron chi connectivity index (χ3n) is 5.42. The highest BCUT2D eigenvalue weighted by molar-refractivity contribution is 6.31. The van der Waals surface area contributed by atoms with Gasteiger partial charge in [-0.05, 0) is 56.1 Å². The summed E-state index contributed by atoms with van der Waals surface area (Å²) in [7, 11) is 1.84. The zero-order chi connectivity index (χ0) is 20.1. The number of carbonyl (C=O) groups is 2. The highest BCUT2D eigenvalue weighted by Gasteiger charge is 2.28. The van der Waals surface area contributed by atoms with Crippen LogP contribution in [0.1, 0.15) is 12.8 Å². The van der Waals surface area contributed by atoms with Crippen molar-refractivity contribution in [3.8, 4) is 0 Å². The number of fused-ring (bicyclic) bond motifs is 1. The van der Waals surface area contributed by atoms with Crippen molar-refractivity contribution in [1.29, 1.82) is 0 Å². The van der Waals surface area contributed by atoms with E-state index in [4.69, 9.17) is 16.6 Å². The molecule has 0 radical (unpaired) electrons. The number of nitrogens with one attached hydrogen (secondary N) is 1. The highest BCUT2D eigenvalue weighted by Crippen LogP contribution is 2.27. The zero-order valence-electron chi connectivity index (χ0n) is 15.8. The van der Waals surface area contributed by atoms with E-state index in [-0.39, 0.29) is 12.6 Å². The second-order valence-corrected chi connectivity index (χ2v) is 7.52. The fourth-order valence-electron chi connectivity index (χ4n) is 3.83. The van der Waals surface area contributed by atoms with E-state index < -0.39 is 6.09 Å². The van der Waals surface area contributed by atoms with Gasteiger partial charge >= 0.3 is 6.09 Å². The number of carboxylic acid groups (broad SMARTS) is 1. The Morgan fingerprint density at radius 2 is 2.14 bits per heavy atom. The van der Waals surface area contributed by atoms with E-state index in [0.29, 0.717) is 23.8 Å². The molecule has 28 heavy (non-hydrogen) atoms. The molecule has 1 fully saturated rings. The Kier molecular flexibility index (Phi) is 6.70. The van der Waals surface area contributed by atoms with Gasteiger partial charge in [0.05, 0.1) is 12.1 Å². The molecular weight excluding hydrogens is 380 g/mol. The van der Waals surface area contributed by atoms with Crippen LogP contribution in [-0.2, 0) is 4.79 Å². The number of pyridine rings is 1. The summed E-state index contributed by atoms with van der Waals surface area (Å²) in [6, 6.07) is 9.76. The molecule has 2 heterocycles. The van der Waals surface area contributed by atoms with Crippen molar-refractivity contribution in [1.82, 2.24) is 15.2 Å². The Hall–Kier alpha value is -2.38. The molecule has 150 valence electrons. The zero-order valence-corrected chi connectivity index (χ0v) is 16.6. The van der Waals surface area contributed by atoms with Crippen LogP contribution in [0.5, 0.6) is 0 Å². The van der Waals surface area contributed by atoms with Crippen molar-refractivity contribution in [3.63, 3.8) is 0 Å². The average molecular weight is 405 g/mol. The normalized spacial score (nSPS) is 16.1. The van der Waals surface area contributed by atoms with Gasteiger partial charge in [-0.1, -0.05) is 11.6 Å². The van der Waals surface area contributed by atoms with Crippen molar-refractivity contribution >= 4 is 40.7 Å². The van der Waals surface area contributed by atoms with E-state index in [1.807, 2.05) is 37.4 Å². The monoisotopic (exact) mass is 404 g/mol. The van der Waals surface area contributed by atoms with Crippen LogP contribution in [0.2, 0.25) is 5.02 Å². The van der Waals surface area contributed by atoms with E-state index >= 15 is 0 Å². The number of halogens is 1. The molecule has 1 aliphatic rings. The summed E-state index contributed by atoms with van der Waals surface area (Å²) in [6.07, 6.45) is 1.42. The van der Waals surface area contributed by atoms with Crippen molar-refractivity contribution < 1.29 is 14.7 Å². The van der Waals surface area contributed by atoms with Gasteiger partial charge in [0.15, 0.2) is 0 Å². The van der Waals surface area contributed by atoms with Gasteiger partial charge in [0.1, 0.15) is 12.1 Å². The number of anilines is 1. The minimum atomic E-state index is -1.06. The predicted octanol–water partition coefficient (Wildman–Crippen LogP) is 2.87. The third-order valence-corrected chi connectivity index (χ3v) is 5.66. The molecule has 1 aromatic heterocycles. The quantitative estimate of drug-likeness (QED) is 0.690. The summed E-state index contributed by atoms with van der Waals surface area (Å²) in [5.74, 6) is 1.29. The lowest BCUT2D eigenvalue weighted by atomic mass is 9.89. The number of likely N-dealkylation sites (N-methyl/N-ethyl adjacent to an activating group) is 1. The number of carbonyl (C=O) groups excluding carboxylic acids is 1. The van der Waals surface area contributed by atoms with Crippen LogP contribution in [-0.4, -0.2) is 66.6 Å². The van der Waals surface area contributed by atoms with E-state index in [1.54, 1.807) is 0 Å². The van der Waals surface area contributed by atoms with E-state index in [0.717, 1.165) is 47.6 Å². The number of nitrogens with zero attached hydrogens (tertiary/aromatic N) is 3. The molecular formula is C20H25ClN4O3. The predicted molar refractivity (Wildman–Crippen MR) is 110 cm³/mol. The van der Waals surface area contributed by atoms with Gasteiger partial charge in [0.2, 0.25) is 0 Å². The lowest BCUT2D eigenvalue weighted by molar-refractivity contribution is -0.108. The molecule has 2 N–H and O–H groups in total. The number of aromatic nitrogens is 1. The van der Waals surface area contributed by atoms with Crippen molar-refractivity contribution in [2.45, 2.75) is 18.9 Å². The van der Waals surface area contributed by atoms with Crippen LogP contribution in [0, 0.1) is 5.92 Å². The molecule has 0 spiro atoms. The van der Waals surface area contributed by atoms with E-state index in [2.05, 4.69) is 10.2 Å². The molecule has 2 aromatic rings. The molecule has 0 bridgehead atoms. The largest absolute Gasteiger partial charge is 0.465 e. The Bertz CT molecular complexity index is 839. The van der Waals surface area contributed by atoms with Crippen LogP contribution >= 0.6 is 11.6 Å². The fourth-order valence-corrected chi connectivity index (χ4v) is 4.01. The standard InChI is InChI=1S/C20H25ClN4O3/c1-22-18(13-25(10-11-26)20(27)28)14-6-8-24(9-7-14)19-5-2-15-12-16(21)3-4-17(15)23-19/h2-5,11-12,14,18,22H,6-10,13H2,1H3,(H,27,28). The second-order valence-electron chi connectivity index (χ2n) is 7.08. The summed E-state index contributed by atoms with van der Waals surface area (Å²) in [4.78, 5) is 30.2. The third kappa shape index (κ3) is 4.72. The second kappa shape index (κ2) is 9.21. The Morgan fingerprint density at radius 1 is 1.39 bits per heavy atom. The molecule has 0 saturated carbocycles. The maximum Gasteiger partial charge on any atom is 0.407 e. The van der Waals surface area contributed by atoms with Crippen LogP contribution < -0.4 is 10.2 Å². The first kappa shape index (κ1) is 20.4. The first-order chi connectivity index (χ1) is 13.5. The minimum Gasteiger partial charge on any atom is -0.465 e. The van der Waals surface area contributed by atoms with Gasteiger partial charge in [0.25, 0.3) is 0 Å². The molecule has 1 atom stereocenters. The Morgan fingerprint density at radius 3 is 2.79 bits per heavy atom. The number of hydrogen-bond acceptors (Lipinski definition) is 5. The molecule has 1 aromatic carbocycles. The lowest BCUT2D eigenvalue weighted by Crippen LogP contribution is -2.49. The van der Waals surface area contributed by atoms with Crippen LogP contribution in [0.3, 0.4) is 0 Å². The SMILES string of the molecule is CNC(CN(CC=O)C(=O)O)C1CCN(c2ccc3cc(Cl)ccc3n2)CC1. The van der Waals surface area contributed by atoms with Crippen molar-refractivity contribution in [2.24, 2.45) is 5.92 Å². The maximum absolute atomic E-state index is 11.3. The van der Waals surface area contributed by atoms with Gasteiger partial charge in [-0.2, -0.15) is 0 Å². The molecule has 7 nitrogen and oxygen atoms in total. The summed E-state index contributed by atoms with van der Waals surface area (Å²) < 4.78 is 0. The highest BCUT2D eigenvalue weighted by atomic mass is 35.5. The summed E-state index contributed by atoms with van der Waals surface area (Å²) in [6.45, 7) is 1.92. The number of amides is 1. The number of hydrogen-bond donors (Lipinski definition) is 2. The average Bonchev–Trinajstić information content (AvgIpc) is 2.70. The maximum atomic E-state index is 11.3. The van der Waals surface area contributed by atoms with Gasteiger partial charge in [0, 0.05) is 36.1 Å². The fraction of sp³-hybridized carbons (Fsp3) is 0.450. The molecule has 3 rings (SSSR count). The lowest BCUT2D eigenvalue weighted by Gasteiger charge is -2.37. The van der Waals surface area contributed by atoms with Crippen LogP contribution in [0.15, 0.2) is 30.3 Å². The number of piperidine rings is 1. The van der Waals surface area contributed by atoms with E-state index in [9.17, 15) is 14.7 Å². The van der Waals surface area contributed by atoms with Crippen LogP contribution in [0.25, 0.3) is 10.9 Å². The van der Waals surface area contributed by atoms with Gasteiger partial charge in [-0.15, -0.1) is 0 Å². The van der Waals surface area contributed by atoms with Crippen molar-refractivity contribution in [3.05, 3.63) is 35.4 Å². The number of aldehydes is 1. The summed E-state index contributed by atoms with van der Waals surface area (Å²) in [5, 5.41) is 14.2. The van der Waals surface area contributed by atoms with Crippen molar-refractivity contribution in [2.75, 3.05) is 38.1 Å². The van der Waals surface area contributed by atoms with Gasteiger partial charge in [-0.25, -0.2) is 9.78 Å². The van der Waals surface area contributed by atoms with Gasteiger partial charge in [-0.3, -0.25) is 4.90 Å². The summed E-state index contributed by atoms with van der Waals surface area (Å²) >= 11 is 6.04. The van der Waals surface area contributed by atoms with E-state index in [1.165, 1.54) is 0 Å². The molecule has 0 aliphatic carbocycles.